The first-order valence-corrected chi connectivity index (χ1v) is 10.0. The number of aromatic nitrogens is 2. The fourth-order valence-corrected chi connectivity index (χ4v) is 3.93. The van der Waals surface area contributed by atoms with Crippen LogP contribution >= 0.6 is 0 Å². The van der Waals surface area contributed by atoms with Crippen molar-refractivity contribution < 1.29 is 14.7 Å². The van der Waals surface area contributed by atoms with Gasteiger partial charge < -0.3 is 16.2 Å². The highest BCUT2D eigenvalue weighted by Gasteiger charge is 2.38. The van der Waals surface area contributed by atoms with E-state index in [1.807, 2.05) is 6.07 Å². The molecular formula is C23H24N4O3. The van der Waals surface area contributed by atoms with Crippen LogP contribution < -0.4 is 11.1 Å². The number of nitrogens with two attached hydrogens (primary N) is 1. The summed E-state index contributed by atoms with van der Waals surface area (Å²) < 4.78 is 0. The van der Waals surface area contributed by atoms with Gasteiger partial charge >= 0.3 is 0 Å². The summed E-state index contributed by atoms with van der Waals surface area (Å²) in [4.78, 5) is 33.1. The number of carbonyl (C=O) groups excluding carboxylic acids is 2. The molecule has 2 amide bonds. The van der Waals surface area contributed by atoms with E-state index in [1.165, 1.54) is 0 Å². The summed E-state index contributed by atoms with van der Waals surface area (Å²) in [6, 6.07) is 7.19. The van der Waals surface area contributed by atoms with Crippen LogP contribution in [0.5, 0.6) is 0 Å². The molecule has 4 rings (SSSR count). The van der Waals surface area contributed by atoms with Crippen molar-refractivity contribution in [2.75, 3.05) is 6.54 Å². The molecule has 0 saturated carbocycles. The molecule has 2 aromatic rings. The van der Waals surface area contributed by atoms with E-state index in [1.54, 1.807) is 18.2 Å². The first kappa shape index (κ1) is 20.0. The SMILES string of the molecule is CC1(C)CCc2nc(-c3cccc(C#C[C@]4(O)CCNC4=O)c3)nc(C(N)=O)c2C1. The predicted molar refractivity (Wildman–Crippen MR) is 111 cm³/mol. The topological polar surface area (TPSA) is 118 Å². The number of rotatable bonds is 2. The van der Waals surface area contributed by atoms with Gasteiger partial charge in [0, 0.05) is 35.3 Å². The lowest BCUT2D eigenvalue weighted by atomic mass is 9.75. The molecule has 7 nitrogen and oxygen atoms in total. The Morgan fingerprint density at radius 1 is 1.27 bits per heavy atom. The Labute approximate surface area is 175 Å². The number of aryl methyl sites for hydroxylation is 1. The molecule has 1 atom stereocenters. The fourth-order valence-electron chi connectivity index (χ4n) is 3.93. The van der Waals surface area contributed by atoms with Gasteiger partial charge in [-0.3, -0.25) is 9.59 Å². The molecule has 1 aliphatic heterocycles. The number of nitrogens with one attached hydrogen (secondary N) is 1. The van der Waals surface area contributed by atoms with Gasteiger partial charge in [0.1, 0.15) is 5.69 Å². The summed E-state index contributed by atoms with van der Waals surface area (Å²) in [5, 5.41) is 12.9. The van der Waals surface area contributed by atoms with Crippen molar-refractivity contribution in [3.8, 4) is 23.2 Å². The zero-order chi connectivity index (χ0) is 21.5. The number of nitrogens with zero attached hydrogens (tertiary/aromatic N) is 2. The largest absolute Gasteiger partial charge is 0.369 e. The average molecular weight is 404 g/mol. The molecule has 0 unspecified atom stereocenters. The smallest absolute Gasteiger partial charge is 0.267 e. The number of benzene rings is 1. The lowest BCUT2D eigenvalue weighted by molar-refractivity contribution is -0.130. The van der Waals surface area contributed by atoms with Gasteiger partial charge in [0.15, 0.2) is 5.82 Å². The number of aliphatic hydroxyl groups is 1. The molecule has 1 aromatic carbocycles. The molecular weight excluding hydrogens is 380 g/mol. The van der Waals surface area contributed by atoms with E-state index in [0.717, 1.165) is 24.1 Å². The van der Waals surface area contributed by atoms with Crippen molar-refractivity contribution in [2.24, 2.45) is 11.1 Å². The van der Waals surface area contributed by atoms with Crippen LogP contribution in [0.4, 0.5) is 0 Å². The highest BCUT2D eigenvalue weighted by atomic mass is 16.3. The average Bonchev–Trinajstić information content (AvgIpc) is 3.04. The zero-order valence-corrected chi connectivity index (χ0v) is 17.1. The Balaban J connectivity index is 1.72. The van der Waals surface area contributed by atoms with Crippen LogP contribution in [0.15, 0.2) is 24.3 Å². The summed E-state index contributed by atoms with van der Waals surface area (Å²) in [7, 11) is 0. The second-order valence-corrected chi connectivity index (χ2v) is 8.72. The summed E-state index contributed by atoms with van der Waals surface area (Å²) in [6.45, 7) is 4.73. The monoisotopic (exact) mass is 404 g/mol. The molecule has 2 heterocycles. The lowest BCUT2D eigenvalue weighted by Crippen LogP contribution is -2.36. The van der Waals surface area contributed by atoms with Gasteiger partial charge in [0.2, 0.25) is 5.60 Å². The number of hydrogen-bond donors (Lipinski definition) is 3. The standard InChI is InChI=1S/C23H24N4O3/c1-22(2)8-7-17-16(13-22)18(19(24)28)27-20(26-17)15-5-3-4-14(12-15)6-9-23(30)10-11-25-21(23)29/h3-5,12,30H,7-8,10-11,13H2,1-2H3,(H2,24,28)(H,25,29)/t23-/m0/s1. The highest BCUT2D eigenvalue weighted by Crippen LogP contribution is 2.36. The van der Waals surface area contributed by atoms with E-state index in [-0.39, 0.29) is 17.5 Å². The van der Waals surface area contributed by atoms with E-state index >= 15 is 0 Å². The number of primary amides is 1. The molecule has 4 N–H and O–H groups in total. The molecule has 1 fully saturated rings. The second kappa shape index (κ2) is 7.22. The van der Waals surface area contributed by atoms with Crippen LogP contribution in [0.25, 0.3) is 11.4 Å². The summed E-state index contributed by atoms with van der Waals surface area (Å²) in [6.07, 6.45) is 2.71. The van der Waals surface area contributed by atoms with E-state index in [4.69, 9.17) is 10.7 Å². The minimum atomic E-state index is -1.66. The summed E-state index contributed by atoms with van der Waals surface area (Å²) in [5.41, 5.74) is 7.33. The quantitative estimate of drug-likeness (QED) is 0.653. The molecule has 1 aromatic heterocycles. The van der Waals surface area contributed by atoms with E-state index in [9.17, 15) is 14.7 Å². The fraction of sp³-hybridized carbons (Fsp3) is 0.391. The molecule has 0 spiro atoms. The van der Waals surface area contributed by atoms with Gasteiger partial charge in [0.05, 0.1) is 0 Å². The molecule has 0 bridgehead atoms. The Morgan fingerprint density at radius 3 is 2.77 bits per heavy atom. The van der Waals surface area contributed by atoms with Crippen molar-refractivity contribution in [2.45, 2.75) is 45.1 Å². The van der Waals surface area contributed by atoms with Crippen LogP contribution in [0.2, 0.25) is 0 Å². The van der Waals surface area contributed by atoms with Crippen molar-refractivity contribution in [1.82, 2.24) is 15.3 Å². The highest BCUT2D eigenvalue weighted by molar-refractivity contribution is 5.93. The van der Waals surface area contributed by atoms with Crippen LogP contribution in [0.3, 0.4) is 0 Å². The third-order valence-corrected chi connectivity index (χ3v) is 5.70. The van der Waals surface area contributed by atoms with Gasteiger partial charge in [-0.15, -0.1) is 0 Å². The van der Waals surface area contributed by atoms with Crippen LogP contribution in [0.1, 0.15) is 54.0 Å². The van der Waals surface area contributed by atoms with Crippen molar-refractivity contribution in [3.63, 3.8) is 0 Å². The number of hydrogen-bond acceptors (Lipinski definition) is 5. The molecule has 1 saturated heterocycles. The normalized spacial score (nSPS) is 21.9. The van der Waals surface area contributed by atoms with E-state index in [0.29, 0.717) is 29.9 Å². The van der Waals surface area contributed by atoms with Crippen LogP contribution in [0, 0.1) is 17.3 Å². The first-order valence-electron chi connectivity index (χ1n) is 10.0. The number of amides is 2. The molecule has 2 aliphatic rings. The lowest BCUT2D eigenvalue weighted by Gasteiger charge is -2.31. The Hall–Kier alpha value is -3.24. The molecule has 30 heavy (non-hydrogen) atoms. The summed E-state index contributed by atoms with van der Waals surface area (Å²) in [5.74, 6) is 4.93. The Morgan fingerprint density at radius 2 is 2.07 bits per heavy atom. The minimum Gasteiger partial charge on any atom is -0.369 e. The van der Waals surface area contributed by atoms with Crippen molar-refractivity contribution in [3.05, 3.63) is 46.8 Å². The van der Waals surface area contributed by atoms with Gasteiger partial charge in [-0.1, -0.05) is 37.8 Å². The maximum atomic E-state index is 12.1. The molecule has 0 radical (unpaired) electrons. The number of fused-ring (bicyclic) bond motifs is 1. The molecule has 7 heteroatoms. The van der Waals surface area contributed by atoms with Gasteiger partial charge in [0.25, 0.3) is 11.8 Å². The Kier molecular flexibility index (Phi) is 4.83. The van der Waals surface area contributed by atoms with Crippen molar-refractivity contribution >= 4 is 11.8 Å². The van der Waals surface area contributed by atoms with Gasteiger partial charge in [-0.2, -0.15) is 0 Å². The maximum absolute atomic E-state index is 12.1. The second-order valence-electron chi connectivity index (χ2n) is 8.72. The summed E-state index contributed by atoms with van der Waals surface area (Å²) >= 11 is 0. The minimum absolute atomic E-state index is 0.0738. The van der Waals surface area contributed by atoms with Crippen LogP contribution in [-0.2, 0) is 17.6 Å². The molecule has 154 valence electrons. The van der Waals surface area contributed by atoms with Gasteiger partial charge in [-0.05, 0) is 36.8 Å². The predicted octanol–water partition coefficient (Wildman–Crippen LogP) is 1.36. The first-order chi connectivity index (χ1) is 14.2. The van der Waals surface area contributed by atoms with E-state index in [2.05, 4.69) is 36.0 Å². The zero-order valence-electron chi connectivity index (χ0n) is 17.1. The third kappa shape index (κ3) is 3.79. The Bertz CT molecular complexity index is 1110. The third-order valence-electron chi connectivity index (χ3n) is 5.70. The van der Waals surface area contributed by atoms with Gasteiger partial charge in [-0.25, -0.2) is 9.97 Å². The van der Waals surface area contributed by atoms with E-state index < -0.39 is 17.4 Å². The molecule has 1 aliphatic carbocycles. The number of carbonyl (C=O) groups is 2. The van der Waals surface area contributed by atoms with Crippen molar-refractivity contribution in [1.29, 1.82) is 0 Å². The maximum Gasteiger partial charge on any atom is 0.267 e. The van der Waals surface area contributed by atoms with Crippen LogP contribution in [-0.4, -0.2) is 39.0 Å².